The molecule has 0 atom stereocenters. The van der Waals surface area contributed by atoms with Crippen molar-refractivity contribution in [2.45, 2.75) is 17.6 Å². The second kappa shape index (κ2) is 6.07. The first kappa shape index (κ1) is 15.9. The van der Waals surface area contributed by atoms with Crippen molar-refractivity contribution in [3.8, 4) is 5.75 Å². The van der Waals surface area contributed by atoms with Crippen LogP contribution in [0.4, 0.5) is 5.69 Å². The number of nitrogen functional groups attached to an aromatic ring is 1. The fourth-order valence-corrected chi connectivity index (χ4v) is 4.17. The topological polar surface area (TPSA) is 69.4 Å². The van der Waals surface area contributed by atoms with Crippen molar-refractivity contribution in [1.29, 1.82) is 0 Å². The first-order chi connectivity index (χ1) is 9.85. The molecule has 0 radical (unpaired) electrons. The molecule has 0 aliphatic heterocycles. The Bertz CT molecular complexity index is 772. The van der Waals surface area contributed by atoms with Crippen LogP contribution >= 0.6 is 15.9 Å². The number of ether oxygens (including phenoxy) is 1. The van der Waals surface area contributed by atoms with Crippen molar-refractivity contribution in [3.05, 3.63) is 52.0 Å². The molecular weight excluding hydrogens is 354 g/mol. The summed E-state index contributed by atoms with van der Waals surface area (Å²) in [6.45, 7) is 1.79. The van der Waals surface area contributed by atoms with Gasteiger partial charge in [-0.15, -0.1) is 0 Å². The maximum atomic E-state index is 12.5. The first-order valence-electron chi connectivity index (χ1n) is 6.25. The van der Waals surface area contributed by atoms with Crippen LogP contribution in [0.1, 0.15) is 11.1 Å². The van der Waals surface area contributed by atoms with E-state index in [1.807, 2.05) is 0 Å². The predicted octanol–water partition coefficient (Wildman–Crippen LogP) is 3.32. The number of methoxy groups -OCH3 is 1. The van der Waals surface area contributed by atoms with E-state index in [2.05, 4.69) is 15.9 Å². The van der Waals surface area contributed by atoms with E-state index < -0.39 is 9.84 Å². The normalized spacial score (nSPS) is 11.4. The Hall–Kier alpha value is -1.53. The van der Waals surface area contributed by atoms with Crippen LogP contribution in [0.2, 0.25) is 0 Å². The lowest BCUT2D eigenvalue weighted by Crippen LogP contribution is -2.09. The van der Waals surface area contributed by atoms with E-state index in [1.54, 1.807) is 44.4 Å². The summed E-state index contributed by atoms with van der Waals surface area (Å²) in [6.07, 6.45) is 0. The van der Waals surface area contributed by atoms with Crippen LogP contribution in [-0.4, -0.2) is 15.5 Å². The van der Waals surface area contributed by atoms with Gasteiger partial charge >= 0.3 is 0 Å². The highest BCUT2D eigenvalue weighted by atomic mass is 79.9. The molecule has 0 aromatic heterocycles. The number of anilines is 1. The van der Waals surface area contributed by atoms with E-state index in [9.17, 15) is 8.42 Å². The Balaban J connectivity index is 2.38. The predicted molar refractivity (Wildman–Crippen MR) is 87.2 cm³/mol. The molecule has 6 heteroatoms. The average molecular weight is 370 g/mol. The van der Waals surface area contributed by atoms with E-state index in [-0.39, 0.29) is 10.6 Å². The number of hydrogen-bond acceptors (Lipinski definition) is 4. The summed E-state index contributed by atoms with van der Waals surface area (Å²) in [4.78, 5) is 0.175. The van der Waals surface area contributed by atoms with Crippen LogP contribution in [0.15, 0.2) is 45.8 Å². The van der Waals surface area contributed by atoms with Gasteiger partial charge in [0.15, 0.2) is 9.84 Å². The summed E-state index contributed by atoms with van der Waals surface area (Å²) in [6, 6.07) is 10.2. The number of para-hydroxylation sites is 1. The van der Waals surface area contributed by atoms with E-state index >= 15 is 0 Å². The molecule has 0 saturated carbocycles. The molecule has 2 aromatic carbocycles. The van der Waals surface area contributed by atoms with Gasteiger partial charge in [0, 0.05) is 0 Å². The van der Waals surface area contributed by atoms with Gasteiger partial charge < -0.3 is 10.5 Å². The van der Waals surface area contributed by atoms with Crippen LogP contribution in [0, 0.1) is 6.92 Å². The molecule has 2 rings (SSSR count). The minimum absolute atomic E-state index is 0.108. The number of halogens is 1. The van der Waals surface area contributed by atoms with Gasteiger partial charge in [-0.05, 0) is 52.2 Å². The van der Waals surface area contributed by atoms with Crippen LogP contribution in [0.3, 0.4) is 0 Å². The second-order valence-corrected chi connectivity index (χ2v) is 7.53. The Morgan fingerprint density at radius 2 is 1.95 bits per heavy atom. The molecule has 0 unspecified atom stereocenters. The van der Waals surface area contributed by atoms with Gasteiger partial charge in [0.1, 0.15) is 5.75 Å². The van der Waals surface area contributed by atoms with Crippen LogP contribution in [0.5, 0.6) is 5.75 Å². The lowest BCUT2D eigenvalue weighted by atomic mass is 10.2. The molecule has 21 heavy (non-hydrogen) atoms. The molecular formula is C15H16BrNO3S. The summed E-state index contributed by atoms with van der Waals surface area (Å²) in [7, 11) is -1.93. The van der Waals surface area contributed by atoms with Gasteiger partial charge in [-0.25, -0.2) is 8.42 Å². The summed E-state index contributed by atoms with van der Waals surface area (Å²) in [5.41, 5.74) is 7.63. The molecule has 4 nitrogen and oxygen atoms in total. The van der Waals surface area contributed by atoms with E-state index in [0.29, 0.717) is 17.0 Å². The molecule has 0 fully saturated rings. The van der Waals surface area contributed by atoms with Gasteiger partial charge in [-0.3, -0.25) is 0 Å². The van der Waals surface area contributed by atoms with Crippen LogP contribution in [-0.2, 0) is 15.6 Å². The van der Waals surface area contributed by atoms with Gasteiger partial charge in [-0.2, -0.15) is 0 Å². The number of benzene rings is 2. The number of hydrogen-bond donors (Lipinski definition) is 1. The minimum atomic E-state index is -3.49. The fraction of sp³-hybridized carbons (Fsp3) is 0.200. The zero-order chi connectivity index (χ0) is 15.6. The zero-order valence-corrected chi connectivity index (χ0v) is 14.2. The largest absolute Gasteiger partial charge is 0.496 e. The molecule has 0 amide bonds. The summed E-state index contributed by atoms with van der Waals surface area (Å²) in [5, 5.41) is 0. The molecule has 0 bridgehead atoms. The highest BCUT2D eigenvalue weighted by Gasteiger charge is 2.19. The highest BCUT2D eigenvalue weighted by molar-refractivity contribution is 9.10. The SMILES string of the molecule is COc1ccc(CS(=O)(=O)c2cccc(C)c2N)cc1Br. The number of nitrogens with two attached hydrogens (primary N) is 1. The lowest BCUT2D eigenvalue weighted by molar-refractivity contribution is 0.412. The number of aryl methyl sites for hydroxylation is 1. The van der Waals surface area contributed by atoms with E-state index in [4.69, 9.17) is 10.5 Å². The standard InChI is InChI=1S/C15H16BrNO3S/c1-10-4-3-5-14(15(10)17)21(18,19)9-11-6-7-13(20-2)12(16)8-11/h3-8H,9,17H2,1-2H3. The summed E-state index contributed by atoms with van der Waals surface area (Å²) < 4.78 is 30.9. The van der Waals surface area contributed by atoms with Gasteiger partial charge in [0.2, 0.25) is 0 Å². The molecule has 112 valence electrons. The number of rotatable bonds is 4. The van der Waals surface area contributed by atoms with Crippen LogP contribution < -0.4 is 10.5 Å². The van der Waals surface area contributed by atoms with Gasteiger partial charge in [0.25, 0.3) is 0 Å². The zero-order valence-electron chi connectivity index (χ0n) is 11.8. The molecule has 2 aromatic rings. The maximum absolute atomic E-state index is 12.5. The first-order valence-corrected chi connectivity index (χ1v) is 8.70. The third kappa shape index (κ3) is 3.39. The fourth-order valence-electron chi connectivity index (χ4n) is 2.02. The lowest BCUT2D eigenvalue weighted by Gasteiger charge is -2.10. The molecule has 0 aliphatic rings. The maximum Gasteiger partial charge on any atom is 0.184 e. The third-order valence-corrected chi connectivity index (χ3v) is 5.55. The second-order valence-electron chi connectivity index (χ2n) is 4.71. The van der Waals surface area contributed by atoms with Gasteiger partial charge in [0.05, 0.1) is 27.9 Å². The van der Waals surface area contributed by atoms with Crippen molar-refractivity contribution in [3.63, 3.8) is 0 Å². The van der Waals surface area contributed by atoms with Crippen molar-refractivity contribution in [1.82, 2.24) is 0 Å². The van der Waals surface area contributed by atoms with E-state index in [1.165, 1.54) is 6.07 Å². The van der Waals surface area contributed by atoms with Crippen molar-refractivity contribution in [2.75, 3.05) is 12.8 Å². The number of sulfone groups is 1. The minimum Gasteiger partial charge on any atom is -0.496 e. The Morgan fingerprint density at radius 3 is 2.57 bits per heavy atom. The quantitative estimate of drug-likeness (QED) is 0.839. The molecule has 0 saturated heterocycles. The molecule has 2 N–H and O–H groups in total. The summed E-state index contributed by atoms with van der Waals surface area (Å²) in [5.74, 6) is 0.551. The molecule has 0 heterocycles. The van der Waals surface area contributed by atoms with Crippen molar-refractivity contribution < 1.29 is 13.2 Å². The van der Waals surface area contributed by atoms with Crippen LogP contribution in [0.25, 0.3) is 0 Å². The Morgan fingerprint density at radius 1 is 1.24 bits per heavy atom. The molecule has 0 aliphatic carbocycles. The smallest absolute Gasteiger partial charge is 0.184 e. The third-order valence-electron chi connectivity index (χ3n) is 3.19. The monoisotopic (exact) mass is 369 g/mol. The van der Waals surface area contributed by atoms with Gasteiger partial charge in [-0.1, -0.05) is 18.2 Å². The van der Waals surface area contributed by atoms with Crippen molar-refractivity contribution >= 4 is 31.5 Å². The summed E-state index contributed by atoms with van der Waals surface area (Å²) >= 11 is 3.35. The Labute approximate surface area is 133 Å². The van der Waals surface area contributed by atoms with Crippen molar-refractivity contribution in [2.24, 2.45) is 0 Å². The average Bonchev–Trinajstić information content (AvgIpc) is 2.41. The Kier molecular flexibility index (Phi) is 4.58. The highest BCUT2D eigenvalue weighted by Crippen LogP contribution is 2.29. The molecule has 0 spiro atoms. The van der Waals surface area contributed by atoms with E-state index in [0.717, 1.165) is 10.0 Å².